The van der Waals surface area contributed by atoms with Crippen molar-refractivity contribution >= 4 is 23.6 Å². The Hall–Kier alpha value is -2.41. The number of rotatable bonds is 11. The Labute approximate surface area is 177 Å². The number of furan rings is 1. The van der Waals surface area contributed by atoms with Gasteiger partial charge in [0.2, 0.25) is 5.91 Å². The third kappa shape index (κ3) is 7.85. The van der Waals surface area contributed by atoms with E-state index in [1.165, 1.54) is 4.90 Å². The van der Waals surface area contributed by atoms with Crippen LogP contribution in [0.5, 0.6) is 0 Å². The van der Waals surface area contributed by atoms with Crippen molar-refractivity contribution in [2.75, 3.05) is 38.5 Å². The van der Waals surface area contributed by atoms with Crippen molar-refractivity contribution in [3.63, 3.8) is 0 Å². The summed E-state index contributed by atoms with van der Waals surface area (Å²) >= 11 is 1.83. The summed E-state index contributed by atoms with van der Waals surface area (Å²) in [5.41, 5.74) is 0. The highest BCUT2D eigenvalue weighted by Gasteiger charge is 2.18. The molecule has 29 heavy (non-hydrogen) atoms. The Morgan fingerprint density at radius 1 is 1.14 bits per heavy atom. The molecule has 2 aromatic rings. The molecule has 7 heteroatoms. The topological polar surface area (TPSA) is 69.9 Å². The van der Waals surface area contributed by atoms with E-state index in [-0.39, 0.29) is 5.91 Å². The van der Waals surface area contributed by atoms with Gasteiger partial charge >= 0.3 is 0 Å². The molecule has 156 valence electrons. The van der Waals surface area contributed by atoms with Gasteiger partial charge in [-0.3, -0.25) is 9.79 Å². The van der Waals surface area contributed by atoms with Crippen LogP contribution in [0, 0.1) is 0 Å². The predicted molar refractivity (Wildman–Crippen MR) is 118 cm³/mol. The first-order valence-corrected chi connectivity index (χ1v) is 11.3. The fraction of sp³-hybridized carbons (Fsp3) is 0.455. The van der Waals surface area contributed by atoms with Gasteiger partial charge in [-0.05, 0) is 37.1 Å². The molecule has 0 spiro atoms. The minimum absolute atomic E-state index is 0.279. The molecule has 3 rings (SSSR count). The predicted octanol–water partition coefficient (Wildman–Crippen LogP) is 3.16. The molecule has 1 amide bonds. The van der Waals surface area contributed by atoms with Crippen LogP contribution in [0.2, 0.25) is 0 Å². The molecule has 0 aliphatic carbocycles. The Kier molecular flexibility index (Phi) is 8.97. The first-order valence-electron chi connectivity index (χ1n) is 10.3. The maximum atomic E-state index is 11.7. The van der Waals surface area contributed by atoms with Crippen LogP contribution in [-0.4, -0.2) is 55.2 Å². The number of carbonyl (C=O) groups is 1. The lowest BCUT2D eigenvalue weighted by Crippen LogP contribution is -2.39. The molecule has 0 saturated carbocycles. The van der Waals surface area contributed by atoms with E-state index < -0.39 is 0 Å². The van der Waals surface area contributed by atoms with Crippen LogP contribution in [0.4, 0.5) is 0 Å². The van der Waals surface area contributed by atoms with Crippen LogP contribution in [0.1, 0.15) is 25.0 Å². The summed E-state index contributed by atoms with van der Waals surface area (Å²) in [5.74, 6) is 3.02. The molecule has 1 aromatic heterocycles. The summed E-state index contributed by atoms with van der Waals surface area (Å²) in [5, 5.41) is 6.80. The number of guanidine groups is 1. The van der Waals surface area contributed by atoms with Gasteiger partial charge in [0.05, 0.1) is 6.26 Å². The lowest BCUT2D eigenvalue weighted by Gasteiger charge is -2.15. The minimum Gasteiger partial charge on any atom is -0.469 e. The molecule has 2 N–H and O–H groups in total. The quantitative estimate of drug-likeness (QED) is 0.256. The van der Waals surface area contributed by atoms with Crippen LogP contribution in [0.25, 0.3) is 0 Å². The number of amides is 1. The molecule has 0 unspecified atom stereocenters. The van der Waals surface area contributed by atoms with E-state index in [9.17, 15) is 4.79 Å². The van der Waals surface area contributed by atoms with Gasteiger partial charge in [0.1, 0.15) is 5.76 Å². The molecule has 1 fully saturated rings. The first kappa shape index (κ1) is 21.3. The molecular weight excluding hydrogens is 384 g/mol. The zero-order chi connectivity index (χ0) is 20.2. The Balaban J connectivity index is 1.40. The number of thioether (sulfide) groups is 1. The SMILES string of the molecule is O=C1CCCN1CCCN=C(NCCSc1ccccc1)NCCc1ccco1. The molecule has 1 aliphatic rings. The second-order valence-corrected chi connectivity index (χ2v) is 8.08. The monoisotopic (exact) mass is 414 g/mol. The summed E-state index contributed by atoms with van der Waals surface area (Å²) in [6.07, 6.45) is 5.08. The third-order valence-corrected chi connectivity index (χ3v) is 5.69. The van der Waals surface area contributed by atoms with E-state index in [4.69, 9.17) is 4.42 Å². The fourth-order valence-corrected chi connectivity index (χ4v) is 3.97. The van der Waals surface area contributed by atoms with E-state index in [0.29, 0.717) is 13.0 Å². The molecule has 0 atom stereocenters. The van der Waals surface area contributed by atoms with E-state index in [1.807, 2.05) is 34.9 Å². The average molecular weight is 415 g/mol. The average Bonchev–Trinajstić information content (AvgIpc) is 3.40. The molecule has 1 aromatic carbocycles. The number of hydrogen-bond acceptors (Lipinski definition) is 4. The van der Waals surface area contributed by atoms with Gasteiger partial charge < -0.3 is 20.0 Å². The molecular formula is C22H30N4O2S. The van der Waals surface area contributed by atoms with Crippen LogP contribution in [0.3, 0.4) is 0 Å². The second-order valence-electron chi connectivity index (χ2n) is 6.91. The van der Waals surface area contributed by atoms with Gasteiger partial charge in [-0.1, -0.05) is 18.2 Å². The summed E-state index contributed by atoms with van der Waals surface area (Å²) in [7, 11) is 0. The van der Waals surface area contributed by atoms with Crippen LogP contribution in [-0.2, 0) is 11.2 Å². The van der Waals surface area contributed by atoms with E-state index >= 15 is 0 Å². The van der Waals surface area contributed by atoms with Crippen LogP contribution < -0.4 is 10.6 Å². The Bertz CT molecular complexity index is 749. The standard InChI is InChI=1S/C22H30N4O2S/c27-21-10-4-15-26(21)16-6-12-23-22(24-13-11-19-7-5-17-28-19)25-14-18-29-20-8-2-1-3-9-20/h1-3,5,7-9,17H,4,6,10-16,18H2,(H2,23,24,25). The number of carbonyl (C=O) groups excluding carboxylic acids is 1. The second kappa shape index (κ2) is 12.2. The summed E-state index contributed by atoms with van der Waals surface area (Å²) in [6, 6.07) is 14.3. The van der Waals surface area contributed by atoms with Crippen molar-refractivity contribution in [3.05, 3.63) is 54.5 Å². The number of hydrogen-bond donors (Lipinski definition) is 2. The van der Waals surface area contributed by atoms with E-state index in [1.54, 1.807) is 6.26 Å². The van der Waals surface area contributed by atoms with Gasteiger partial charge in [-0.15, -0.1) is 11.8 Å². The molecule has 1 saturated heterocycles. The van der Waals surface area contributed by atoms with Crippen LogP contribution in [0.15, 0.2) is 63.0 Å². The maximum Gasteiger partial charge on any atom is 0.222 e. The fourth-order valence-electron chi connectivity index (χ4n) is 3.18. The first-order chi connectivity index (χ1) is 14.3. The third-order valence-electron chi connectivity index (χ3n) is 4.68. The number of benzene rings is 1. The smallest absolute Gasteiger partial charge is 0.222 e. The number of likely N-dealkylation sites (tertiary alicyclic amines) is 1. The largest absolute Gasteiger partial charge is 0.469 e. The van der Waals surface area contributed by atoms with E-state index in [2.05, 4.69) is 39.9 Å². The van der Waals surface area contributed by atoms with Gasteiger partial charge in [0, 0.05) is 56.2 Å². The molecule has 2 heterocycles. The normalized spacial score (nSPS) is 14.4. The molecule has 0 radical (unpaired) electrons. The highest BCUT2D eigenvalue weighted by molar-refractivity contribution is 7.99. The van der Waals surface area contributed by atoms with Crippen molar-refractivity contribution in [2.24, 2.45) is 4.99 Å². The zero-order valence-electron chi connectivity index (χ0n) is 16.8. The van der Waals surface area contributed by atoms with Crippen molar-refractivity contribution in [1.82, 2.24) is 15.5 Å². The van der Waals surface area contributed by atoms with E-state index in [0.717, 1.165) is 62.9 Å². The Morgan fingerprint density at radius 3 is 2.76 bits per heavy atom. The van der Waals surface area contributed by atoms with Gasteiger partial charge in [-0.25, -0.2) is 0 Å². The summed E-state index contributed by atoms with van der Waals surface area (Å²) in [6.45, 7) is 3.98. The number of nitrogens with zero attached hydrogens (tertiary/aromatic N) is 2. The lowest BCUT2D eigenvalue weighted by atomic mass is 10.3. The van der Waals surface area contributed by atoms with Crippen molar-refractivity contribution < 1.29 is 9.21 Å². The molecule has 6 nitrogen and oxygen atoms in total. The summed E-state index contributed by atoms with van der Waals surface area (Å²) in [4.78, 5) is 19.6. The van der Waals surface area contributed by atoms with Gasteiger partial charge in [-0.2, -0.15) is 0 Å². The van der Waals surface area contributed by atoms with Crippen molar-refractivity contribution in [3.8, 4) is 0 Å². The zero-order valence-corrected chi connectivity index (χ0v) is 17.6. The number of nitrogens with one attached hydrogen (secondary N) is 2. The molecule has 0 bridgehead atoms. The Morgan fingerprint density at radius 2 is 2.00 bits per heavy atom. The summed E-state index contributed by atoms with van der Waals surface area (Å²) < 4.78 is 5.39. The highest BCUT2D eigenvalue weighted by atomic mass is 32.2. The van der Waals surface area contributed by atoms with Crippen molar-refractivity contribution in [1.29, 1.82) is 0 Å². The molecule has 1 aliphatic heterocycles. The van der Waals surface area contributed by atoms with Crippen molar-refractivity contribution in [2.45, 2.75) is 30.6 Å². The van der Waals surface area contributed by atoms with Crippen LogP contribution >= 0.6 is 11.8 Å². The highest BCUT2D eigenvalue weighted by Crippen LogP contribution is 2.15. The number of aliphatic imine (C=N–C) groups is 1. The van der Waals surface area contributed by atoms with Gasteiger partial charge in [0.15, 0.2) is 5.96 Å². The van der Waals surface area contributed by atoms with Gasteiger partial charge in [0.25, 0.3) is 0 Å². The lowest BCUT2D eigenvalue weighted by molar-refractivity contribution is -0.127. The minimum atomic E-state index is 0.279. The maximum absolute atomic E-state index is 11.7.